The van der Waals surface area contributed by atoms with E-state index >= 15 is 0 Å². The van der Waals surface area contributed by atoms with Crippen molar-refractivity contribution in [1.82, 2.24) is 44.7 Å². The maximum absolute atomic E-state index is 14.0. The van der Waals surface area contributed by atoms with E-state index in [9.17, 15) is 14.4 Å². The average molecular weight is 630 g/mol. The van der Waals surface area contributed by atoms with Gasteiger partial charge in [-0.25, -0.2) is 14.6 Å². The summed E-state index contributed by atoms with van der Waals surface area (Å²) in [6.07, 6.45) is 5.31. The van der Waals surface area contributed by atoms with Gasteiger partial charge < -0.3 is 20.5 Å². The van der Waals surface area contributed by atoms with E-state index in [-0.39, 0.29) is 30.1 Å². The fourth-order valence-electron chi connectivity index (χ4n) is 6.13. The Morgan fingerprint density at radius 2 is 1.89 bits per heavy atom. The van der Waals surface area contributed by atoms with Gasteiger partial charge in [0.05, 0.1) is 18.3 Å². The van der Waals surface area contributed by atoms with Gasteiger partial charge in [-0.05, 0) is 44.2 Å². The third-order valence-corrected chi connectivity index (χ3v) is 8.99. The molecule has 236 valence electrons. The Morgan fingerprint density at radius 1 is 1.07 bits per heavy atom. The monoisotopic (exact) mass is 629 g/mol. The molecular formula is C32H39N9O3S. The molecule has 0 saturated heterocycles. The first-order chi connectivity index (χ1) is 21.7. The van der Waals surface area contributed by atoms with E-state index in [1.165, 1.54) is 11.3 Å². The van der Waals surface area contributed by atoms with E-state index in [1.807, 2.05) is 65.0 Å². The van der Waals surface area contributed by atoms with Gasteiger partial charge in [0.1, 0.15) is 23.4 Å². The zero-order valence-electron chi connectivity index (χ0n) is 26.0. The van der Waals surface area contributed by atoms with Crippen LogP contribution in [-0.4, -0.2) is 70.9 Å². The maximum Gasteiger partial charge on any atom is 0.272 e. The summed E-state index contributed by atoms with van der Waals surface area (Å²) in [5, 5.41) is 13.8. The van der Waals surface area contributed by atoms with Crippen LogP contribution in [-0.2, 0) is 22.6 Å². The first-order valence-corrected chi connectivity index (χ1v) is 16.3. The van der Waals surface area contributed by atoms with Gasteiger partial charge in [-0.3, -0.25) is 18.8 Å². The largest absolute Gasteiger partial charge is 0.361 e. The van der Waals surface area contributed by atoms with Gasteiger partial charge in [-0.2, -0.15) is 5.10 Å². The van der Waals surface area contributed by atoms with E-state index < -0.39 is 12.1 Å². The molecule has 12 nitrogen and oxygen atoms in total. The third kappa shape index (κ3) is 6.48. The van der Waals surface area contributed by atoms with Crippen molar-refractivity contribution >= 4 is 44.9 Å². The number of benzene rings is 1. The van der Waals surface area contributed by atoms with Gasteiger partial charge >= 0.3 is 0 Å². The zero-order chi connectivity index (χ0) is 31.7. The average Bonchev–Trinajstić information content (AvgIpc) is 3.77. The molecule has 6 rings (SSSR count). The number of para-hydroxylation sites is 1. The van der Waals surface area contributed by atoms with Gasteiger partial charge in [0.25, 0.3) is 5.91 Å². The first kappa shape index (κ1) is 30.5. The maximum atomic E-state index is 14.0. The second kappa shape index (κ2) is 12.8. The Balaban J connectivity index is 1.33. The summed E-state index contributed by atoms with van der Waals surface area (Å²) < 4.78 is 3.64. The molecule has 0 aliphatic carbocycles. The van der Waals surface area contributed by atoms with Crippen molar-refractivity contribution < 1.29 is 14.4 Å². The topological polar surface area (TPSA) is 142 Å². The Hall–Kier alpha value is -4.52. The quantitative estimate of drug-likeness (QED) is 0.269. The molecule has 3 N–H and O–H groups in total. The minimum Gasteiger partial charge on any atom is -0.361 e. The lowest BCUT2D eigenvalue weighted by molar-refractivity contribution is -0.129. The van der Waals surface area contributed by atoms with Crippen LogP contribution in [0.25, 0.3) is 15.9 Å². The van der Waals surface area contributed by atoms with E-state index in [1.54, 1.807) is 4.90 Å². The zero-order valence-corrected chi connectivity index (χ0v) is 26.9. The van der Waals surface area contributed by atoms with Crippen molar-refractivity contribution in [2.45, 2.75) is 72.0 Å². The molecule has 13 heteroatoms. The van der Waals surface area contributed by atoms with Crippen molar-refractivity contribution in [2.24, 2.45) is 5.92 Å². The summed E-state index contributed by atoms with van der Waals surface area (Å²) >= 11 is 1.48. The van der Waals surface area contributed by atoms with Crippen molar-refractivity contribution in [1.29, 1.82) is 0 Å². The normalized spacial score (nSPS) is 18.6. The SMILES string of the molecule is Cc1nc2n(n1)CCN(C(=O)c1c(C)nc3sccn13)CCCC(=O)N[C@H](Cc1c[nH]c3ccccc13)C(=O)N[C@H]2CC(C)C. The van der Waals surface area contributed by atoms with Crippen LogP contribution in [0.2, 0.25) is 0 Å². The van der Waals surface area contributed by atoms with Crippen LogP contribution in [0.4, 0.5) is 0 Å². The Morgan fingerprint density at radius 3 is 2.71 bits per heavy atom. The second-order valence-corrected chi connectivity index (χ2v) is 13.0. The van der Waals surface area contributed by atoms with Crippen LogP contribution >= 0.6 is 11.3 Å². The van der Waals surface area contributed by atoms with Gasteiger partial charge in [0, 0.05) is 54.6 Å². The number of thiazole rings is 1. The Bertz CT molecular complexity index is 1850. The predicted molar refractivity (Wildman–Crippen MR) is 172 cm³/mol. The molecule has 0 fully saturated rings. The molecular weight excluding hydrogens is 590 g/mol. The van der Waals surface area contributed by atoms with Crippen molar-refractivity contribution in [3.8, 4) is 0 Å². The predicted octanol–water partition coefficient (Wildman–Crippen LogP) is 3.95. The number of carbonyl (C=O) groups excluding carboxylic acids is 3. The lowest BCUT2D eigenvalue weighted by Gasteiger charge is -2.27. The molecule has 1 aliphatic heterocycles. The minimum absolute atomic E-state index is 0.145. The number of amides is 3. The number of imidazole rings is 1. The second-order valence-electron chi connectivity index (χ2n) is 12.1. The number of fused-ring (bicyclic) bond motifs is 3. The number of nitrogens with zero attached hydrogens (tertiary/aromatic N) is 6. The Labute approximate surface area is 265 Å². The number of hydrogen-bond acceptors (Lipinski definition) is 7. The molecule has 0 bridgehead atoms. The van der Waals surface area contributed by atoms with Gasteiger partial charge in [0.15, 0.2) is 4.96 Å². The lowest BCUT2D eigenvalue weighted by atomic mass is 10.0. The third-order valence-electron chi connectivity index (χ3n) is 8.23. The first-order valence-electron chi connectivity index (χ1n) is 15.5. The van der Waals surface area contributed by atoms with Crippen LogP contribution in [0.15, 0.2) is 42.0 Å². The molecule has 1 aliphatic rings. The van der Waals surface area contributed by atoms with Crippen LogP contribution in [0.3, 0.4) is 0 Å². The minimum atomic E-state index is -0.800. The van der Waals surface area contributed by atoms with Crippen LogP contribution in [0.5, 0.6) is 0 Å². The summed E-state index contributed by atoms with van der Waals surface area (Å²) in [6, 6.07) is 6.68. The van der Waals surface area contributed by atoms with E-state index in [0.717, 1.165) is 21.4 Å². The molecule has 5 heterocycles. The number of carbonyl (C=O) groups is 3. The van der Waals surface area contributed by atoms with E-state index in [4.69, 9.17) is 4.98 Å². The molecule has 4 aromatic heterocycles. The van der Waals surface area contributed by atoms with E-state index in [0.29, 0.717) is 61.9 Å². The Kier molecular flexibility index (Phi) is 8.70. The molecule has 2 atom stereocenters. The van der Waals surface area contributed by atoms with Gasteiger partial charge in [0.2, 0.25) is 11.8 Å². The van der Waals surface area contributed by atoms with E-state index in [2.05, 4.69) is 39.5 Å². The van der Waals surface area contributed by atoms with Crippen LogP contribution < -0.4 is 10.6 Å². The van der Waals surface area contributed by atoms with Crippen molar-refractivity contribution in [3.05, 3.63) is 70.6 Å². The molecule has 0 saturated carbocycles. The summed E-state index contributed by atoms with van der Waals surface area (Å²) in [4.78, 5) is 56.4. The number of nitrogens with one attached hydrogen (secondary N) is 3. The number of H-pyrrole nitrogens is 1. The van der Waals surface area contributed by atoms with Gasteiger partial charge in [-0.15, -0.1) is 11.3 Å². The highest BCUT2D eigenvalue weighted by Gasteiger charge is 2.30. The number of aryl methyl sites for hydroxylation is 2. The summed E-state index contributed by atoms with van der Waals surface area (Å²) in [5.41, 5.74) is 3.11. The molecule has 1 aromatic carbocycles. The number of rotatable bonds is 5. The van der Waals surface area contributed by atoms with Crippen LogP contribution in [0.1, 0.15) is 72.5 Å². The number of aromatic amines is 1. The summed E-state index contributed by atoms with van der Waals surface area (Å²) in [6.45, 7) is 8.97. The molecule has 0 spiro atoms. The van der Waals surface area contributed by atoms with Crippen LogP contribution in [0, 0.1) is 19.8 Å². The summed E-state index contributed by atoms with van der Waals surface area (Å²) in [5.74, 6) is 0.823. The highest BCUT2D eigenvalue weighted by atomic mass is 32.1. The summed E-state index contributed by atoms with van der Waals surface area (Å²) in [7, 11) is 0. The van der Waals surface area contributed by atoms with Gasteiger partial charge in [-0.1, -0.05) is 32.0 Å². The smallest absolute Gasteiger partial charge is 0.272 e. The number of aromatic nitrogens is 6. The fraction of sp³-hybridized carbons (Fsp3) is 0.438. The highest BCUT2D eigenvalue weighted by molar-refractivity contribution is 7.15. The molecule has 0 radical (unpaired) electrons. The molecule has 3 amide bonds. The van der Waals surface area contributed by atoms with Crippen molar-refractivity contribution in [3.63, 3.8) is 0 Å². The molecule has 5 aromatic rings. The standard InChI is InChI=1S/C32H39N9O3S/c1-19(2)16-25-29-35-21(4)38-41(29)13-12-39(31(44)28-20(3)34-32-40(28)14-15-45-32)11-7-10-27(42)36-26(30(43)37-25)17-22-18-33-24-9-6-5-8-23(22)24/h5-6,8-9,14-15,18-19,25-26,33H,7,10-13,16-17H2,1-4H3,(H,36,42)(H,37,43)/t25-,26+/m0/s1. The lowest BCUT2D eigenvalue weighted by Crippen LogP contribution is -2.49. The molecule has 45 heavy (non-hydrogen) atoms. The molecule has 0 unspecified atom stereocenters. The number of hydrogen-bond donors (Lipinski definition) is 3. The fourth-order valence-corrected chi connectivity index (χ4v) is 6.88. The highest BCUT2D eigenvalue weighted by Crippen LogP contribution is 2.24. The van der Waals surface area contributed by atoms with Crippen molar-refractivity contribution in [2.75, 3.05) is 13.1 Å².